The van der Waals surface area contributed by atoms with Crippen molar-refractivity contribution in [3.8, 4) is 33.4 Å². The topological polar surface area (TPSA) is 0 Å². The minimum Gasteiger partial charge on any atom is -0.0587 e. The highest BCUT2D eigenvalue weighted by Gasteiger charge is 2.18. The molecule has 0 bridgehead atoms. The molecule has 0 atom stereocenters. The lowest BCUT2D eigenvalue weighted by Gasteiger charge is -2.08. The third-order valence-corrected chi connectivity index (χ3v) is 5.64. The Bertz CT molecular complexity index is 1130. The molecule has 1 aliphatic rings. The Morgan fingerprint density at radius 3 is 1.56 bits per heavy atom. The average molecular weight is 346 g/mol. The van der Waals surface area contributed by atoms with Crippen molar-refractivity contribution in [3.05, 3.63) is 107 Å². The van der Waals surface area contributed by atoms with E-state index in [2.05, 4.69) is 98.8 Å². The predicted molar refractivity (Wildman–Crippen MR) is 115 cm³/mol. The molecule has 27 heavy (non-hydrogen) atoms. The van der Waals surface area contributed by atoms with Gasteiger partial charge in [0.05, 0.1) is 0 Å². The maximum absolute atomic E-state index is 2.37. The minimum atomic E-state index is 1.04. The number of benzene rings is 4. The van der Waals surface area contributed by atoms with Crippen LogP contribution < -0.4 is 0 Å². The second-order valence-electron chi connectivity index (χ2n) is 7.65. The summed E-state index contributed by atoms with van der Waals surface area (Å²) >= 11 is 0. The van der Waals surface area contributed by atoms with Crippen LogP contribution in [0.25, 0.3) is 33.4 Å². The zero-order valence-corrected chi connectivity index (χ0v) is 15.8. The largest absolute Gasteiger partial charge is 0.0587 e. The fourth-order valence-electron chi connectivity index (χ4n) is 4.12. The van der Waals surface area contributed by atoms with Crippen LogP contribution in [-0.4, -0.2) is 0 Å². The van der Waals surface area contributed by atoms with Gasteiger partial charge in [0.1, 0.15) is 0 Å². The van der Waals surface area contributed by atoms with Crippen molar-refractivity contribution in [2.75, 3.05) is 0 Å². The summed E-state index contributed by atoms with van der Waals surface area (Å²) in [6.45, 7) is 4.30. The Hall–Kier alpha value is -3.12. The van der Waals surface area contributed by atoms with E-state index in [9.17, 15) is 0 Å². The van der Waals surface area contributed by atoms with E-state index in [1.54, 1.807) is 0 Å². The quantitative estimate of drug-likeness (QED) is 0.317. The molecule has 0 heteroatoms. The summed E-state index contributed by atoms with van der Waals surface area (Å²) in [6, 6.07) is 31.4. The molecule has 0 radical (unpaired) electrons. The fraction of sp³-hybridized carbons (Fsp3) is 0.111. The van der Waals surface area contributed by atoms with Crippen LogP contribution in [0.3, 0.4) is 0 Å². The summed E-state index contributed by atoms with van der Waals surface area (Å²) in [5.74, 6) is 0. The Kier molecular flexibility index (Phi) is 3.72. The monoisotopic (exact) mass is 346 g/mol. The number of hydrogen-bond donors (Lipinski definition) is 0. The summed E-state index contributed by atoms with van der Waals surface area (Å²) in [4.78, 5) is 0. The van der Waals surface area contributed by atoms with Gasteiger partial charge in [0.2, 0.25) is 0 Å². The SMILES string of the molecule is Cc1ccc(-c2ccc(-c3ccc4c(c3)Cc3cc(C)ccc3-4)cc2)cc1. The van der Waals surface area contributed by atoms with Crippen LogP contribution in [0, 0.1) is 13.8 Å². The van der Waals surface area contributed by atoms with Crippen molar-refractivity contribution >= 4 is 0 Å². The van der Waals surface area contributed by atoms with E-state index in [-0.39, 0.29) is 0 Å². The lowest BCUT2D eigenvalue weighted by Crippen LogP contribution is -1.84. The van der Waals surface area contributed by atoms with Crippen molar-refractivity contribution in [2.45, 2.75) is 20.3 Å². The highest BCUT2D eigenvalue weighted by Crippen LogP contribution is 2.39. The normalized spacial score (nSPS) is 11.9. The summed E-state index contributed by atoms with van der Waals surface area (Å²) in [7, 11) is 0. The van der Waals surface area contributed by atoms with Gasteiger partial charge in [0.15, 0.2) is 0 Å². The van der Waals surface area contributed by atoms with Gasteiger partial charge >= 0.3 is 0 Å². The number of hydrogen-bond acceptors (Lipinski definition) is 0. The van der Waals surface area contributed by atoms with Crippen LogP contribution in [0.5, 0.6) is 0 Å². The van der Waals surface area contributed by atoms with Gasteiger partial charge in [-0.1, -0.05) is 96.1 Å². The smallest absolute Gasteiger partial charge is 0.00131 e. The molecule has 0 spiro atoms. The first-order valence-corrected chi connectivity index (χ1v) is 9.58. The first-order valence-electron chi connectivity index (χ1n) is 9.58. The number of aryl methyl sites for hydroxylation is 2. The molecule has 0 nitrogen and oxygen atoms in total. The molecule has 0 amide bonds. The van der Waals surface area contributed by atoms with Gasteiger partial charge in [-0.15, -0.1) is 0 Å². The summed E-state index contributed by atoms with van der Waals surface area (Å²) in [5, 5.41) is 0. The minimum absolute atomic E-state index is 1.04. The van der Waals surface area contributed by atoms with Gasteiger partial charge in [-0.05, 0) is 64.8 Å². The average Bonchev–Trinajstić information content (AvgIpc) is 3.05. The van der Waals surface area contributed by atoms with Gasteiger partial charge in [-0.2, -0.15) is 0 Å². The fourth-order valence-corrected chi connectivity index (χ4v) is 4.12. The van der Waals surface area contributed by atoms with Gasteiger partial charge in [-0.25, -0.2) is 0 Å². The molecule has 0 aliphatic heterocycles. The second kappa shape index (κ2) is 6.25. The first-order chi connectivity index (χ1) is 13.2. The van der Waals surface area contributed by atoms with E-state index < -0.39 is 0 Å². The summed E-state index contributed by atoms with van der Waals surface area (Å²) in [6.07, 6.45) is 1.04. The zero-order valence-electron chi connectivity index (χ0n) is 15.8. The molecule has 5 rings (SSSR count). The van der Waals surface area contributed by atoms with Crippen LogP contribution in [0.1, 0.15) is 22.3 Å². The third-order valence-electron chi connectivity index (χ3n) is 5.64. The molecule has 0 unspecified atom stereocenters. The number of rotatable bonds is 2. The molecule has 0 heterocycles. The van der Waals surface area contributed by atoms with Crippen molar-refractivity contribution in [3.63, 3.8) is 0 Å². The Balaban J connectivity index is 1.47. The van der Waals surface area contributed by atoms with Crippen LogP contribution in [0.4, 0.5) is 0 Å². The standard InChI is InChI=1S/C27H22/c1-18-3-6-20(7-4-18)21-8-10-22(11-9-21)23-12-14-27-25(16-23)17-24-15-19(2)5-13-26(24)27/h3-16H,17H2,1-2H3. The van der Waals surface area contributed by atoms with Crippen molar-refractivity contribution < 1.29 is 0 Å². The Morgan fingerprint density at radius 2 is 0.889 bits per heavy atom. The Labute approximate surface area is 161 Å². The Morgan fingerprint density at radius 1 is 0.444 bits per heavy atom. The van der Waals surface area contributed by atoms with Crippen molar-refractivity contribution in [1.29, 1.82) is 0 Å². The van der Waals surface area contributed by atoms with E-state index in [0.29, 0.717) is 0 Å². The van der Waals surface area contributed by atoms with Crippen LogP contribution in [-0.2, 0) is 6.42 Å². The number of fused-ring (bicyclic) bond motifs is 3. The predicted octanol–water partition coefficient (Wildman–Crippen LogP) is 7.21. The van der Waals surface area contributed by atoms with E-state index >= 15 is 0 Å². The molecule has 4 aromatic rings. The van der Waals surface area contributed by atoms with E-state index in [4.69, 9.17) is 0 Å². The molecule has 0 saturated heterocycles. The lowest BCUT2D eigenvalue weighted by atomic mass is 9.97. The molecule has 130 valence electrons. The van der Waals surface area contributed by atoms with E-state index in [0.717, 1.165) is 6.42 Å². The van der Waals surface area contributed by atoms with Gasteiger partial charge in [-0.3, -0.25) is 0 Å². The lowest BCUT2D eigenvalue weighted by molar-refractivity contribution is 1.25. The maximum atomic E-state index is 2.37. The molecule has 4 aromatic carbocycles. The summed E-state index contributed by atoms with van der Waals surface area (Å²) < 4.78 is 0. The molecule has 0 N–H and O–H groups in total. The van der Waals surface area contributed by atoms with Gasteiger partial charge in [0, 0.05) is 0 Å². The van der Waals surface area contributed by atoms with Crippen molar-refractivity contribution in [1.82, 2.24) is 0 Å². The highest BCUT2D eigenvalue weighted by molar-refractivity contribution is 5.81. The third kappa shape index (κ3) is 2.88. The van der Waals surface area contributed by atoms with Crippen LogP contribution >= 0.6 is 0 Å². The van der Waals surface area contributed by atoms with Gasteiger partial charge in [0.25, 0.3) is 0 Å². The van der Waals surface area contributed by atoms with Crippen LogP contribution in [0.15, 0.2) is 84.9 Å². The molecule has 1 aliphatic carbocycles. The van der Waals surface area contributed by atoms with Crippen molar-refractivity contribution in [2.24, 2.45) is 0 Å². The maximum Gasteiger partial charge on any atom is -0.00131 e. The van der Waals surface area contributed by atoms with Gasteiger partial charge < -0.3 is 0 Å². The summed E-state index contributed by atoms with van der Waals surface area (Å²) in [5.41, 5.74) is 13.4. The second-order valence-corrected chi connectivity index (χ2v) is 7.65. The van der Waals surface area contributed by atoms with E-state index in [1.165, 1.54) is 55.6 Å². The molecule has 0 aromatic heterocycles. The molecular formula is C27H22. The van der Waals surface area contributed by atoms with E-state index in [1.807, 2.05) is 0 Å². The first kappa shape index (κ1) is 16.1. The highest BCUT2D eigenvalue weighted by atomic mass is 14.2. The molecular weight excluding hydrogens is 324 g/mol. The zero-order chi connectivity index (χ0) is 18.4. The molecule has 0 fully saturated rings. The molecule has 0 saturated carbocycles. The van der Waals surface area contributed by atoms with Crippen LogP contribution in [0.2, 0.25) is 0 Å².